The van der Waals surface area contributed by atoms with Crippen LogP contribution in [0, 0.1) is 29.6 Å². The first kappa shape index (κ1) is 44.8. The highest BCUT2D eigenvalue weighted by Crippen LogP contribution is 2.71. The van der Waals surface area contributed by atoms with Crippen molar-refractivity contribution in [2.24, 2.45) is 26.4 Å². The molecule has 0 bridgehead atoms. The van der Waals surface area contributed by atoms with Crippen LogP contribution < -0.4 is 0 Å². The maximum absolute atomic E-state index is 15.6. The molecule has 15 heteroatoms. The number of sulfonamides is 1. The van der Waals surface area contributed by atoms with Gasteiger partial charge in [-0.15, -0.1) is 17.2 Å². The molecule has 1 spiro atoms. The lowest BCUT2D eigenvalue weighted by Gasteiger charge is -2.59. The SMILES string of the molecule is C=C/C(=C\C=C(/C)c1ccc([C@H]2C[C@@]3(C)C(CC[C@@]3(O)C(F)(F)C(F)(F)F)C3CC[C@@]4(O)CC5(CCC4=C32)OCC(C)(C)CO5)cc1)[S-](=O)=NS(=O)(=O)c1ccc(C)cc1. The highest BCUT2D eigenvalue weighted by Gasteiger charge is 2.79. The van der Waals surface area contributed by atoms with Crippen molar-refractivity contribution in [1.82, 2.24) is 0 Å². The number of aryl methyl sites for hydroxylation is 1. The maximum atomic E-state index is 15.6. The van der Waals surface area contributed by atoms with Crippen molar-refractivity contribution in [2.45, 2.75) is 126 Å². The van der Waals surface area contributed by atoms with Gasteiger partial charge in [0, 0.05) is 29.6 Å². The molecule has 6 atom stereocenters. The quantitative estimate of drug-likeness (QED) is 0.117. The minimum atomic E-state index is -5.96. The average molecular weight is 879 g/mol. The predicted molar refractivity (Wildman–Crippen MR) is 218 cm³/mol. The van der Waals surface area contributed by atoms with E-state index in [1.54, 1.807) is 56.3 Å². The summed E-state index contributed by atoms with van der Waals surface area (Å²) < 4.78 is 128. The number of rotatable bonds is 8. The Balaban J connectivity index is 1.24. The van der Waals surface area contributed by atoms with Gasteiger partial charge in [0.05, 0.1) is 23.7 Å². The highest BCUT2D eigenvalue weighted by molar-refractivity contribution is 7.97. The monoisotopic (exact) mass is 878 g/mol. The third-order valence-electron chi connectivity index (χ3n) is 14.0. The second-order valence-corrected chi connectivity index (χ2v) is 21.5. The minimum absolute atomic E-state index is 0.0183. The number of allylic oxidation sites excluding steroid dienone is 5. The molecule has 2 unspecified atom stereocenters. The molecule has 60 heavy (non-hydrogen) atoms. The number of alkyl halides is 5. The van der Waals surface area contributed by atoms with E-state index in [0.717, 1.165) is 16.7 Å². The summed E-state index contributed by atoms with van der Waals surface area (Å²) in [7, 11) is -6.54. The zero-order chi connectivity index (χ0) is 43.9. The number of benzene rings is 2. The molecule has 0 radical (unpaired) electrons. The van der Waals surface area contributed by atoms with E-state index in [9.17, 15) is 36.0 Å². The van der Waals surface area contributed by atoms with Gasteiger partial charge < -0.3 is 23.9 Å². The van der Waals surface area contributed by atoms with Crippen molar-refractivity contribution >= 4 is 26.2 Å². The minimum Gasteiger partial charge on any atom is -0.439 e. The Morgan fingerprint density at radius 2 is 1.57 bits per heavy atom. The van der Waals surface area contributed by atoms with Gasteiger partial charge in [-0.25, -0.2) is 8.42 Å². The molecular formula is C45H53F5NO7S2-. The zero-order valence-electron chi connectivity index (χ0n) is 34.5. The zero-order valence-corrected chi connectivity index (χ0v) is 36.1. The summed E-state index contributed by atoms with van der Waals surface area (Å²) in [5.74, 6) is -8.19. The van der Waals surface area contributed by atoms with Crippen molar-refractivity contribution in [1.29, 1.82) is 0 Å². The lowest BCUT2D eigenvalue weighted by Crippen LogP contribution is -2.65. The van der Waals surface area contributed by atoms with E-state index in [4.69, 9.17) is 9.47 Å². The largest absolute Gasteiger partial charge is 0.456 e. The predicted octanol–water partition coefficient (Wildman–Crippen LogP) is 10.2. The fourth-order valence-corrected chi connectivity index (χ4v) is 12.9. The third kappa shape index (κ3) is 7.56. The summed E-state index contributed by atoms with van der Waals surface area (Å²) >= 11 is 0. The summed E-state index contributed by atoms with van der Waals surface area (Å²) in [6, 6.07) is 13.1. The molecule has 7 rings (SSSR count). The molecule has 2 aromatic carbocycles. The lowest BCUT2D eigenvalue weighted by atomic mass is 9.49. The van der Waals surface area contributed by atoms with Crippen LogP contribution in [-0.4, -0.2) is 60.9 Å². The number of ether oxygens (including phenoxy) is 2. The molecule has 4 fully saturated rings. The van der Waals surface area contributed by atoms with E-state index >= 15 is 8.78 Å². The first-order valence-corrected chi connectivity index (χ1v) is 22.8. The first-order chi connectivity index (χ1) is 27.8. The van der Waals surface area contributed by atoms with Crippen molar-refractivity contribution in [3.05, 3.63) is 106 Å². The fraction of sp³-hybridized carbons (Fsp3) is 0.556. The van der Waals surface area contributed by atoms with E-state index in [1.807, 2.05) is 13.8 Å². The number of aliphatic hydroxyl groups is 2. The molecular weight excluding hydrogens is 826 g/mol. The van der Waals surface area contributed by atoms with Crippen LogP contribution in [-0.2, 0) is 34.3 Å². The number of nitrogens with zero attached hydrogens (tertiary/aromatic N) is 1. The molecule has 3 saturated carbocycles. The summed E-state index contributed by atoms with van der Waals surface area (Å²) in [5, 5.41) is 24.2. The van der Waals surface area contributed by atoms with E-state index in [0.29, 0.717) is 49.2 Å². The van der Waals surface area contributed by atoms with Gasteiger partial charge in [-0.2, -0.15) is 22.0 Å². The van der Waals surface area contributed by atoms with E-state index in [-0.39, 0.29) is 40.9 Å². The normalized spacial score (nSPS) is 32.6. The van der Waals surface area contributed by atoms with Crippen molar-refractivity contribution in [3.63, 3.8) is 0 Å². The van der Waals surface area contributed by atoms with Gasteiger partial charge >= 0.3 is 12.1 Å². The van der Waals surface area contributed by atoms with Crippen LogP contribution in [0.1, 0.15) is 102 Å². The molecule has 328 valence electrons. The Labute approximate surface area is 350 Å². The van der Waals surface area contributed by atoms with Crippen LogP contribution in [0.25, 0.3) is 5.57 Å². The average Bonchev–Trinajstić information content (AvgIpc) is 3.46. The van der Waals surface area contributed by atoms with Crippen molar-refractivity contribution < 1.29 is 54.3 Å². The van der Waals surface area contributed by atoms with Gasteiger partial charge in [0.15, 0.2) is 5.79 Å². The Hall–Kier alpha value is -3.21. The van der Waals surface area contributed by atoms with E-state index < -0.39 is 79.3 Å². The summed E-state index contributed by atoms with van der Waals surface area (Å²) in [6.07, 6.45) is -0.981. The Bertz CT molecular complexity index is 2320. The molecule has 8 nitrogen and oxygen atoms in total. The fourth-order valence-electron chi connectivity index (χ4n) is 10.7. The smallest absolute Gasteiger partial charge is 0.439 e. The van der Waals surface area contributed by atoms with Gasteiger partial charge in [-0.05, 0) is 98.6 Å². The molecule has 1 aliphatic heterocycles. The number of fused-ring (bicyclic) bond motifs is 4. The van der Waals surface area contributed by atoms with Crippen molar-refractivity contribution in [2.75, 3.05) is 13.2 Å². The van der Waals surface area contributed by atoms with Crippen LogP contribution in [0.3, 0.4) is 0 Å². The molecule has 1 saturated heterocycles. The second-order valence-electron chi connectivity index (χ2n) is 18.5. The van der Waals surface area contributed by atoms with Gasteiger partial charge in [0.25, 0.3) is 10.0 Å². The Kier molecular flexibility index (Phi) is 11.4. The van der Waals surface area contributed by atoms with Gasteiger partial charge in [-0.3, -0.25) is 3.77 Å². The molecule has 1 heterocycles. The lowest BCUT2D eigenvalue weighted by molar-refractivity contribution is -0.362. The molecule has 4 aliphatic carbocycles. The molecule has 5 aliphatic rings. The first-order valence-electron chi connectivity index (χ1n) is 20.3. The molecule has 2 aromatic rings. The van der Waals surface area contributed by atoms with Gasteiger partial charge in [0.2, 0.25) is 0 Å². The maximum Gasteiger partial charge on any atom is 0.456 e. The van der Waals surface area contributed by atoms with Crippen LogP contribution in [0.2, 0.25) is 0 Å². The van der Waals surface area contributed by atoms with Gasteiger partial charge in [-0.1, -0.05) is 91.4 Å². The summed E-state index contributed by atoms with van der Waals surface area (Å²) in [6.45, 7) is 13.6. The second kappa shape index (κ2) is 15.3. The topological polar surface area (TPSA) is 122 Å². The number of hydrogen-bond donors (Lipinski definition) is 2. The standard InChI is InChI=1S/C45H53F5NO7S2/c1-7-32(59(54)51-60(55,56)33-16-8-28(2)9-17-33)15-10-29(3)30-11-13-31(14-12-30)35-24-40(6)36(20-23-43(40,53)44(46,47)45(48,49)50)34-18-21-41(52)25-42(22-19-37(41)38(34)35)57-26-39(4,5)27-58-42/h7-17,34-36,52-53H,1,18-27H2,2-6H3/q-1/b29-10+,32-15+/t34?,35-,36?,40+,41-,43+/m1/s1. The van der Waals surface area contributed by atoms with Crippen LogP contribution in [0.15, 0.2) is 98.1 Å². The van der Waals surface area contributed by atoms with Crippen molar-refractivity contribution in [3.8, 4) is 0 Å². The number of halogens is 5. The van der Waals surface area contributed by atoms with Gasteiger partial charge in [0.1, 0.15) is 5.60 Å². The molecule has 0 aromatic heterocycles. The highest BCUT2D eigenvalue weighted by atomic mass is 32.3. The summed E-state index contributed by atoms with van der Waals surface area (Å²) in [5.41, 5.74) is -2.26. The van der Waals surface area contributed by atoms with Crippen LogP contribution in [0.4, 0.5) is 22.0 Å². The summed E-state index contributed by atoms with van der Waals surface area (Å²) in [4.78, 5) is -0.0620. The third-order valence-corrected chi connectivity index (χ3v) is 16.9. The Morgan fingerprint density at radius 1 is 0.933 bits per heavy atom. The van der Waals surface area contributed by atoms with Crippen LogP contribution in [0.5, 0.6) is 0 Å². The van der Waals surface area contributed by atoms with E-state index in [2.05, 4.69) is 10.3 Å². The Morgan fingerprint density at radius 3 is 2.17 bits per heavy atom. The van der Waals surface area contributed by atoms with E-state index in [1.165, 1.54) is 31.2 Å². The van der Waals surface area contributed by atoms with Crippen LogP contribution >= 0.6 is 0 Å². The molecule has 0 amide bonds. The molecule has 2 N–H and O–H groups in total. The number of hydrogen-bond acceptors (Lipinski definition) is 8.